The number of hydrogen-bond donors (Lipinski definition) is 1. The van der Waals surface area contributed by atoms with Gasteiger partial charge in [-0.25, -0.2) is 0 Å². The Hall–Kier alpha value is -1.64. The molecular weight excluding hydrogens is 178 g/mol. The smallest absolute Gasteiger partial charge is 0.296 e. The van der Waals surface area contributed by atoms with Crippen LogP contribution in [0.15, 0.2) is 36.1 Å². The zero-order valence-corrected chi connectivity index (χ0v) is 8.76. The van der Waals surface area contributed by atoms with E-state index in [4.69, 9.17) is 0 Å². The molecule has 0 unspecified atom stereocenters. The van der Waals surface area contributed by atoms with E-state index in [0.29, 0.717) is 11.3 Å². The Labute approximate surface area is 84.2 Å². The molecule has 1 heterocycles. The number of Topliss-reactive ketones (excluding diaryl/α,β-unsaturated/α-hetero) is 1. The molecule has 0 spiro atoms. The van der Waals surface area contributed by atoms with Crippen molar-refractivity contribution in [3.05, 3.63) is 36.1 Å². The van der Waals surface area contributed by atoms with Crippen LogP contribution in [0.1, 0.15) is 20.8 Å². The minimum Gasteiger partial charge on any atom is -0.319 e. The lowest BCUT2D eigenvalue weighted by atomic mass is 10.1. The Bertz CT molecular complexity index is 311. The lowest BCUT2D eigenvalue weighted by molar-refractivity contribution is -0.133. The highest BCUT2D eigenvalue weighted by Crippen LogP contribution is 2.15. The molecule has 1 saturated heterocycles. The first-order valence-electron chi connectivity index (χ1n) is 4.55. The summed E-state index contributed by atoms with van der Waals surface area (Å²) in [6.07, 6.45) is 4.69. The zero-order chi connectivity index (χ0) is 11.1. The largest absolute Gasteiger partial charge is 0.319 e. The van der Waals surface area contributed by atoms with E-state index in [1.165, 1.54) is 12.2 Å². The topological polar surface area (TPSA) is 46.2 Å². The Morgan fingerprint density at radius 1 is 1.29 bits per heavy atom. The molecule has 1 aliphatic heterocycles. The summed E-state index contributed by atoms with van der Waals surface area (Å²) in [4.78, 5) is 21.9. The van der Waals surface area contributed by atoms with E-state index >= 15 is 0 Å². The van der Waals surface area contributed by atoms with Gasteiger partial charge in [0.15, 0.2) is 0 Å². The van der Waals surface area contributed by atoms with Crippen molar-refractivity contribution in [3.8, 4) is 0 Å². The summed E-state index contributed by atoms with van der Waals surface area (Å²) in [7, 11) is 0. The molecule has 1 amide bonds. The number of carbonyl (C=O) groups is 2. The van der Waals surface area contributed by atoms with Crippen LogP contribution >= 0.6 is 0 Å². The third kappa shape index (κ3) is 2.42. The molecule has 1 rings (SSSR count). The Morgan fingerprint density at radius 2 is 1.86 bits per heavy atom. The highest BCUT2D eigenvalue weighted by Gasteiger charge is 2.29. The van der Waals surface area contributed by atoms with Crippen molar-refractivity contribution in [1.82, 2.24) is 5.32 Å². The van der Waals surface area contributed by atoms with E-state index in [9.17, 15) is 9.59 Å². The summed E-state index contributed by atoms with van der Waals surface area (Å²) in [5.41, 5.74) is 0.947. The van der Waals surface area contributed by atoms with Gasteiger partial charge in [-0.15, -0.1) is 0 Å². The highest BCUT2D eigenvalue weighted by atomic mass is 16.2. The van der Waals surface area contributed by atoms with Gasteiger partial charge in [-0.3, -0.25) is 9.59 Å². The van der Waals surface area contributed by atoms with Gasteiger partial charge in [-0.1, -0.05) is 32.6 Å². The fraction of sp³-hybridized carbons (Fsp3) is 0.273. The van der Waals surface area contributed by atoms with E-state index in [1.54, 1.807) is 13.0 Å². The van der Waals surface area contributed by atoms with E-state index in [1.807, 2.05) is 13.8 Å². The summed E-state index contributed by atoms with van der Waals surface area (Å²) < 4.78 is 0. The average molecular weight is 193 g/mol. The molecule has 3 nitrogen and oxygen atoms in total. The molecule has 0 radical (unpaired) electrons. The lowest BCUT2D eigenvalue weighted by Gasteiger charge is -1.93. The van der Waals surface area contributed by atoms with Crippen LogP contribution in [0.25, 0.3) is 0 Å². The monoisotopic (exact) mass is 193 g/mol. The van der Waals surface area contributed by atoms with Crippen molar-refractivity contribution < 1.29 is 9.59 Å². The zero-order valence-electron chi connectivity index (χ0n) is 8.76. The quantitative estimate of drug-likeness (QED) is 0.509. The SMILES string of the molecule is C=C/C=C1/C(=O)C(=O)N/C1=C/C.CC. The van der Waals surface area contributed by atoms with Gasteiger partial charge in [0.2, 0.25) is 0 Å². The molecule has 1 aliphatic rings. The van der Waals surface area contributed by atoms with Gasteiger partial charge < -0.3 is 5.32 Å². The first-order chi connectivity index (χ1) is 6.70. The van der Waals surface area contributed by atoms with Crippen molar-refractivity contribution in [3.63, 3.8) is 0 Å². The molecule has 0 saturated carbocycles. The molecule has 3 heteroatoms. The average Bonchev–Trinajstić information content (AvgIpc) is 2.49. The minimum absolute atomic E-state index is 0.387. The van der Waals surface area contributed by atoms with Crippen LogP contribution in [-0.2, 0) is 9.59 Å². The normalized spacial score (nSPS) is 20.5. The van der Waals surface area contributed by atoms with Crippen LogP contribution in [-0.4, -0.2) is 11.7 Å². The molecular formula is C11H15NO2. The van der Waals surface area contributed by atoms with Crippen LogP contribution in [0.2, 0.25) is 0 Å². The van der Waals surface area contributed by atoms with E-state index < -0.39 is 11.7 Å². The van der Waals surface area contributed by atoms with Gasteiger partial charge in [0, 0.05) is 5.70 Å². The lowest BCUT2D eigenvalue weighted by Crippen LogP contribution is -2.17. The summed E-state index contributed by atoms with van der Waals surface area (Å²) in [6, 6.07) is 0. The molecule has 14 heavy (non-hydrogen) atoms. The minimum atomic E-state index is -0.573. The van der Waals surface area contributed by atoms with E-state index in [-0.39, 0.29) is 0 Å². The molecule has 1 fully saturated rings. The number of hydrogen-bond acceptors (Lipinski definition) is 2. The van der Waals surface area contributed by atoms with Crippen molar-refractivity contribution in [2.24, 2.45) is 0 Å². The van der Waals surface area contributed by atoms with Gasteiger partial charge in [0.25, 0.3) is 11.7 Å². The standard InChI is InChI=1S/C9H9NO2.C2H6/c1-3-5-6-7(4-2)10-9(12)8(6)11;1-2/h3-5H,1H2,2H3,(H,10,12);1-2H3/b6-5+,7-4+;. The predicted molar refractivity (Wildman–Crippen MR) is 56.5 cm³/mol. The fourth-order valence-corrected chi connectivity index (χ4v) is 1.00. The molecule has 1 N–H and O–H groups in total. The Morgan fingerprint density at radius 3 is 2.29 bits per heavy atom. The Balaban J connectivity index is 0.000000791. The summed E-state index contributed by atoms with van der Waals surface area (Å²) in [5, 5.41) is 2.44. The third-order valence-electron chi connectivity index (χ3n) is 1.56. The van der Waals surface area contributed by atoms with Crippen LogP contribution < -0.4 is 5.32 Å². The maximum atomic E-state index is 11.1. The van der Waals surface area contributed by atoms with Crippen LogP contribution in [0.5, 0.6) is 0 Å². The molecule has 0 aromatic carbocycles. The van der Waals surface area contributed by atoms with Crippen molar-refractivity contribution in [2.75, 3.05) is 0 Å². The Kier molecular flexibility index (Phi) is 5.22. The number of nitrogens with one attached hydrogen (secondary N) is 1. The van der Waals surface area contributed by atoms with Crippen LogP contribution in [0, 0.1) is 0 Å². The first kappa shape index (κ1) is 12.4. The van der Waals surface area contributed by atoms with Crippen molar-refractivity contribution >= 4 is 11.7 Å². The van der Waals surface area contributed by atoms with Gasteiger partial charge in [-0.2, -0.15) is 0 Å². The predicted octanol–water partition coefficient (Wildman–Crippen LogP) is 1.73. The maximum absolute atomic E-state index is 11.1. The molecule has 0 aromatic heterocycles. The number of ketones is 1. The second-order valence-corrected chi connectivity index (χ2v) is 2.30. The number of rotatable bonds is 1. The fourth-order valence-electron chi connectivity index (χ4n) is 1.00. The highest BCUT2D eigenvalue weighted by molar-refractivity contribution is 6.47. The van der Waals surface area contributed by atoms with Crippen molar-refractivity contribution in [1.29, 1.82) is 0 Å². The second-order valence-electron chi connectivity index (χ2n) is 2.30. The van der Waals surface area contributed by atoms with Gasteiger partial charge >= 0.3 is 0 Å². The van der Waals surface area contributed by atoms with Crippen LogP contribution in [0.4, 0.5) is 0 Å². The summed E-state index contributed by atoms with van der Waals surface area (Å²) in [5.74, 6) is -1.07. The summed E-state index contributed by atoms with van der Waals surface area (Å²) >= 11 is 0. The summed E-state index contributed by atoms with van der Waals surface area (Å²) in [6.45, 7) is 9.21. The molecule has 0 bridgehead atoms. The van der Waals surface area contributed by atoms with E-state index in [2.05, 4.69) is 11.9 Å². The molecule has 0 aromatic rings. The molecule has 76 valence electrons. The van der Waals surface area contributed by atoms with Gasteiger partial charge in [-0.05, 0) is 13.0 Å². The maximum Gasteiger partial charge on any atom is 0.296 e. The number of carbonyl (C=O) groups excluding carboxylic acids is 2. The van der Waals surface area contributed by atoms with Gasteiger partial charge in [0.1, 0.15) is 0 Å². The molecule has 0 atom stereocenters. The third-order valence-corrected chi connectivity index (χ3v) is 1.56. The van der Waals surface area contributed by atoms with Gasteiger partial charge in [0.05, 0.1) is 5.57 Å². The van der Waals surface area contributed by atoms with E-state index in [0.717, 1.165) is 0 Å². The number of amides is 1. The second kappa shape index (κ2) is 5.91. The molecule has 0 aliphatic carbocycles. The van der Waals surface area contributed by atoms with Crippen molar-refractivity contribution in [2.45, 2.75) is 20.8 Å². The van der Waals surface area contributed by atoms with Crippen LogP contribution in [0.3, 0.4) is 0 Å². The number of allylic oxidation sites excluding steroid dienone is 4. The first-order valence-corrected chi connectivity index (χ1v) is 4.55.